The van der Waals surface area contributed by atoms with Crippen LogP contribution in [0, 0.1) is 0 Å². The van der Waals surface area contributed by atoms with Crippen LogP contribution in [0.4, 0.5) is 0 Å². The molecule has 2 heterocycles. The molecule has 1 aliphatic heterocycles. The molecule has 1 aliphatic carbocycles. The average Bonchev–Trinajstić information content (AvgIpc) is 3.40. The van der Waals surface area contributed by atoms with Crippen molar-refractivity contribution in [3.63, 3.8) is 0 Å². The fourth-order valence-corrected chi connectivity index (χ4v) is 4.85. The standard InChI is InChI=1S/C25H22N2O3/c28-23(20-13-5-8-16-7-1-4-12-19(16)20)21-22(17-9-6-14-26-15-17)27(25(30)24(21)29)18-10-2-3-11-18/h1,4-9,12-15,18,22,28H,2-3,10-11H2/b23-21-. The first-order chi connectivity index (χ1) is 14.7. The first kappa shape index (κ1) is 18.6. The molecule has 30 heavy (non-hydrogen) atoms. The molecule has 2 aromatic carbocycles. The van der Waals surface area contributed by atoms with Crippen molar-refractivity contribution < 1.29 is 14.7 Å². The van der Waals surface area contributed by atoms with Gasteiger partial charge in [0.05, 0.1) is 11.6 Å². The molecule has 5 nitrogen and oxygen atoms in total. The molecule has 1 saturated heterocycles. The van der Waals surface area contributed by atoms with Crippen LogP contribution in [-0.4, -0.2) is 32.7 Å². The molecular weight excluding hydrogens is 376 g/mol. The summed E-state index contributed by atoms with van der Waals surface area (Å²) in [7, 11) is 0. The summed E-state index contributed by atoms with van der Waals surface area (Å²) in [5.74, 6) is -1.28. The van der Waals surface area contributed by atoms with Crippen molar-refractivity contribution in [2.75, 3.05) is 0 Å². The fourth-order valence-electron chi connectivity index (χ4n) is 4.85. The normalized spacial score (nSPS) is 21.6. The van der Waals surface area contributed by atoms with Gasteiger partial charge in [-0.15, -0.1) is 0 Å². The number of aliphatic hydroxyl groups is 1. The lowest BCUT2D eigenvalue weighted by molar-refractivity contribution is -0.141. The smallest absolute Gasteiger partial charge is 0.295 e. The molecule has 0 radical (unpaired) electrons. The molecule has 2 fully saturated rings. The summed E-state index contributed by atoms with van der Waals surface area (Å²) in [6.45, 7) is 0. The number of Topliss-reactive ketones (excluding diaryl/α,β-unsaturated/α-hetero) is 1. The number of carbonyl (C=O) groups excluding carboxylic acids is 2. The van der Waals surface area contributed by atoms with E-state index in [0.717, 1.165) is 42.0 Å². The number of aromatic nitrogens is 1. The third-order valence-electron chi connectivity index (χ3n) is 6.24. The molecule has 1 aromatic heterocycles. The number of aliphatic hydroxyl groups excluding tert-OH is 1. The third kappa shape index (κ3) is 2.89. The van der Waals surface area contributed by atoms with Gasteiger partial charge in [0.2, 0.25) is 0 Å². The van der Waals surface area contributed by atoms with Crippen molar-refractivity contribution in [3.05, 3.63) is 83.7 Å². The average molecular weight is 398 g/mol. The molecule has 5 heteroatoms. The number of nitrogens with zero attached hydrogens (tertiary/aromatic N) is 2. The maximum atomic E-state index is 13.2. The molecule has 0 spiro atoms. The van der Waals surface area contributed by atoms with Gasteiger partial charge in [-0.05, 0) is 35.2 Å². The van der Waals surface area contributed by atoms with E-state index in [0.29, 0.717) is 5.56 Å². The van der Waals surface area contributed by atoms with E-state index >= 15 is 0 Å². The van der Waals surface area contributed by atoms with Gasteiger partial charge in [-0.3, -0.25) is 14.6 Å². The zero-order valence-electron chi connectivity index (χ0n) is 16.5. The van der Waals surface area contributed by atoms with Crippen LogP contribution in [0.1, 0.15) is 42.9 Å². The number of rotatable bonds is 3. The van der Waals surface area contributed by atoms with Gasteiger partial charge >= 0.3 is 0 Å². The van der Waals surface area contributed by atoms with Crippen molar-refractivity contribution >= 4 is 28.2 Å². The topological polar surface area (TPSA) is 70.5 Å². The molecule has 1 N–H and O–H groups in total. The minimum absolute atomic E-state index is 0.00414. The highest BCUT2D eigenvalue weighted by Gasteiger charge is 2.49. The van der Waals surface area contributed by atoms with Gasteiger partial charge in [0, 0.05) is 24.0 Å². The second-order valence-electron chi connectivity index (χ2n) is 7.96. The number of benzene rings is 2. The van der Waals surface area contributed by atoms with E-state index in [1.807, 2.05) is 42.5 Å². The van der Waals surface area contributed by atoms with E-state index in [2.05, 4.69) is 4.98 Å². The number of fused-ring (bicyclic) bond motifs is 1. The summed E-state index contributed by atoms with van der Waals surface area (Å²) >= 11 is 0. The molecular formula is C25H22N2O3. The zero-order chi connectivity index (χ0) is 20.7. The molecule has 5 rings (SSSR count). The van der Waals surface area contributed by atoms with E-state index in [1.54, 1.807) is 29.4 Å². The lowest BCUT2D eigenvalue weighted by Gasteiger charge is -2.30. The van der Waals surface area contributed by atoms with Crippen molar-refractivity contribution in [1.82, 2.24) is 9.88 Å². The number of hydrogen-bond acceptors (Lipinski definition) is 4. The van der Waals surface area contributed by atoms with Crippen LogP contribution < -0.4 is 0 Å². The van der Waals surface area contributed by atoms with Gasteiger partial charge < -0.3 is 10.0 Å². The lowest BCUT2D eigenvalue weighted by Crippen LogP contribution is -2.37. The highest BCUT2D eigenvalue weighted by Crippen LogP contribution is 2.43. The maximum Gasteiger partial charge on any atom is 0.295 e. The van der Waals surface area contributed by atoms with Crippen molar-refractivity contribution in [3.8, 4) is 0 Å². The van der Waals surface area contributed by atoms with Crippen LogP contribution >= 0.6 is 0 Å². The SMILES string of the molecule is O=C1C(=O)N(C2CCCC2)C(c2cccnc2)/C1=C(/O)c1cccc2ccccc12. The Morgan fingerprint density at radius 3 is 2.50 bits per heavy atom. The number of amides is 1. The van der Waals surface area contributed by atoms with Crippen LogP contribution in [0.25, 0.3) is 16.5 Å². The molecule has 150 valence electrons. The van der Waals surface area contributed by atoms with Gasteiger partial charge in [0.25, 0.3) is 11.7 Å². The van der Waals surface area contributed by atoms with Crippen molar-refractivity contribution in [2.24, 2.45) is 0 Å². The van der Waals surface area contributed by atoms with E-state index in [4.69, 9.17) is 0 Å². The monoisotopic (exact) mass is 398 g/mol. The third-order valence-corrected chi connectivity index (χ3v) is 6.24. The van der Waals surface area contributed by atoms with E-state index in [1.165, 1.54) is 0 Å². The van der Waals surface area contributed by atoms with Gasteiger partial charge in [-0.2, -0.15) is 0 Å². The second-order valence-corrected chi connectivity index (χ2v) is 7.96. The summed E-state index contributed by atoms with van der Waals surface area (Å²) in [5.41, 5.74) is 1.45. The number of hydrogen-bond donors (Lipinski definition) is 1. The van der Waals surface area contributed by atoms with E-state index < -0.39 is 17.7 Å². The second kappa shape index (κ2) is 7.41. The first-order valence-electron chi connectivity index (χ1n) is 10.3. The van der Waals surface area contributed by atoms with Crippen LogP contribution in [-0.2, 0) is 9.59 Å². The molecule has 2 aliphatic rings. The summed E-state index contributed by atoms with van der Waals surface area (Å²) in [6, 6.07) is 16.3. The van der Waals surface area contributed by atoms with Crippen LogP contribution in [0.15, 0.2) is 72.6 Å². The van der Waals surface area contributed by atoms with Crippen molar-refractivity contribution in [2.45, 2.75) is 37.8 Å². The maximum absolute atomic E-state index is 13.2. The Labute approximate surface area is 174 Å². The predicted octanol–water partition coefficient (Wildman–Crippen LogP) is 4.60. The molecule has 0 bridgehead atoms. The quantitative estimate of drug-likeness (QED) is 0.398. The summed E-state index contributed by atoms with van der Waals surface area (Å²) in [4.78, 5) is 32.2. The Morgan fingerprint density at radius 2 is 1.73 bits per heavy atom. The lowest BCUT2D eigenvalue weighted by atomic mass is 9.93. The Balaban J connectivity index is 1.73. The van der Waals surface area contributed by atoms with Gasteiger partial charge in [0.15, 0.2) is 0 Å². The van der Waals surface area contributed by atoms with E-state index in [-0.39, 0.29) is 17.4 Å². The number of ketones is 1. The minimum Gasteiger partial charge on any atom is -0.507 e. The molecule has 1 saturated carbocycles. The Morgan fingerprint density at radius 1 is 0.967 bits per heavy atom. The predicted molar refractivity (Wildman–Crippen MR) is 115 cm³/mol. The molecule has 3 aromatic rings. The highest BCUT2D eigenvalue weighted by molar-refractivity contribution is 6.46. The molecule has 1 atom stereocenters. The summed E-state index contributed by atoms with van der Waals surface area (Å²) in [5, 5.41) is 13.2. The largest absolute Gasteiger partial charge is 0.507 e. The van der Waals surface area contributed by atoms with Gasteiger partial charge in [0.1, 0.15) is 5.76 Å². The highest BCUT2D eigenvalue weighted by atomic mass is 16.3. The van der Waals surface area contributed by atoms with Crippen LogP contribution in [0.2, 0.25) is 0 Å². The van der Waals surface area contributed by atoms with Gasteiger partial charge in [-0.25, -0.2) is 0 Å². The number of likely N-dealkylation sites (tertiary alicyclic amines) is 1. The minimum atomic E-state index is -0.624. The Kier molecular flexibility index (Phi) is 4.58. The summed E-state index contributed by atoms with van der Waals surface area (Å²) < 4.78 is 0. The first-order valence-corrected chi connectivity index (χ1v) is 10.3. The fraction of sp³-hybridized carbons (Fsp3) is 0.240. The van der Waals surface area contributed by atoms with Crippen LogP contribution in [0.5, 0.6) is 0 Å². The van der Waals surface area contributed by atoms with E-state index in [9.17, 15) is 14.7 Å². The van der Waals surface area contributed by atoms with Gasteiger partial charge in [-0.1, -0.05) is 61.4 Å². The Bertz CT molecular complexity index is 1160. The van der Waals surface area contributed by atoms with Crippen LogP contribution in [0.3, 0.4) is 0 Å². The number of pyridine rings is 1. The van der Waals surface area contributed by atoms with Crippen molar-refractivity contribution in [1.29, 1.82) is 0 Å². The molecule has 1 amide bonds. The summed E-state index contributed by atoms with van der Waals surface area (Å²) in [6.07, 6.45) is 7.16. The molecule has 1 unspecified atom stereocenters. The number of carbonyl (C=O) groups is 2. The zero-order valence-corrected chi connectivity index (χ0v) is 16.5. The Hall–Kier alpha value is -3.47.